The Morgan fingerprint density at radius 3 is 2.57 bits per heavy atom. The van der Waals surface area contributed by atoms with Crippen molar-refractivity contribution in [3.63, 3.8) is 0 Å². The van der Waals surface area contributed by atoms with E-state index >= 15 is 0 Å². The molecule has 0 saturated carbocycles. The second-order valence-corrected chi connectivity index (χ2v) is 6.75. The van der Waals surface area contributed by atoms with Crippen LogP contribution in [0.1, 0.15) is 16.7 Å². The molecule has 110 valence electrons. The van der Waals surface area contributed by atoms with Gasteiger partial charge in [-0.1, -0.05) is 0 Å². The van der Waals surface area contributed by atoms with E-state index in [1.54, 1.807) is 29.4 Å². The van der Waals surface area contributed by atoms with Crippen LogP contribution in [0.4, 0.5) is 18.9 Å². The molecule has 0 saturated heterocycles. The highest BCUT2D eigenvalue weighted by Crippen LogP contribution is 2.34. The molecule has 1 aromatic carbocycles. The fourth-order valence-electron chi connectivity index (χ4n) is 1.90. The van der Waals surface area contributed by atoms with Crippen molar-refractivity contribution in [3.8, 4) is 6.07 Å². The number of rotatable bonds is 3. The molecule has 0 fully saturated rings. The van der Waals surface area contributed by atoms with Gasteiger partial charge in [0.2, 0.25) is 0 Å². The first kappa shape index (κ1) is 15.9. The predicted octanol–water partition coefficient (Wildman–Crippen LogP) is 5.04. The van der Waals surface area contributed by atoms with E-state index in [-0.39, 0.29) is 5.56 Å². The van der Waals surface area contributed by atoms with E-state index in [0.29, 0.717) is 12.2 Å². The van der Waals surface area contributed by atoms with Crippen molar-refractivity contribution in [3.05, 3.63) is 50.1 Å². The summed E-state index contributed by atoms with van der Waals surface area (Å²) < 4.78 is 39.2. The normalized spacial score (nSPS) is 11.2. The molecule has 0 spiro atoms. The molecule has 1 aromatic heterocycles. The molecule has 21 heavy (non-hydrogen) atoms. The van der Waals surface area contributed by atoms with Crippen molar-refractivity contribution in [2.75, 3.05) is 11.9 Å². The summed E-state index contributed by atoms with van der Waals surface area (Å²) in [6.45, 7) is 0.554. The van der Waals surface area contributed by atoms with Crippen LogP contribution in [-0.4, -0.2) is 7.05 Å². The van der Waals surface area contributed by atoms with Gasteiger partial charge in [-0.2, -0.15) is 18.4 Å². The Hall–Kier alpha value is -1.52. The van der Waals surface area contributed by atoms with Gasteiger partial charge in [0.05, 0.1) is 21.0 Å². The molecule has 0 aliphatic rings. The van der Waals surface area contributed by atoms with E-state index in [0.717, 1.165) is 15.4 Å². The highest BCUT2D eigenvalue weighted by atomic mass is 79.9. The molecule has 7 heteroatoms. The van der Waals surface area contributed by atoms with Crippen LogP contribution in [0.2, 0.25) is 0 Å². The van der Waals surface area contributed by atoms with Crippen molar-refractivity contribution in [2.24, 2.45) is 0 Å². The van der Waals surface area contributed by atoms with Gasteiger partial charge in [-0.3, -0.25) is 0 Å². The lowest BCUT2D eigenvalue weighted by atomic mass is 10.1. The Morgan fingerprint density at radius 2 is 2.05 bits per heavy atom. The minimum absolute atomic E-state index is 0.363. The van der Waals surface area contributed by atoms with Crippen LogP contribution >= 0.6 is 27.3 Å². The number of nitrogens with zero attached hydrogens (tertiary/aromatic N) is 2. The molecule has 1 heterocycles. The van der Waals surface area contributed by atoms with Crippen LogP contribution in [0, 0.1) is 11.3 Å². The zero-order valence-corrected chi connectivity index (χ0v) is 13.3. The van der Waals surface area contributed by atoms with Gasteiger partial charge in [0.1, 0.15) is 0 Å². The maximum atomic E-state index is 12.7. The van der Waals surface area contributed by atoms with Crippen molar-refractivity contribution in [2.45, 2.75) is 12.7 Å². The summed E-state index contributed by atoms with van der Waals surface area (Å²) in [7, 11) is 1.77. The molecule has 0 bridgehead atoms. The number of alkyl halides is 3. The maximum absolute atomic E-state index is 12.7. The van der Waals surface area contributed by atoms with Crippen LogP contribution in [0.15, 0.2) is 33.4 Å². The molecule has 0 aliphatic heterocycles. The highest BCUT2D eigenvalue weighted by Gasteiger charge is 2.33. The molecular formula is C14H10BrF3N2S. The maximum Gasteiger partial charge on any atom is 0.417 e. The minimum atomic E-state index is -4.51. The van der Waals surface area contributed by atoms with E-state index < -0.39 is 11.7 Å². The second-order valence-electron chi connectivity index (χ2n) is 4.45. The van der Waals surface area contributed by atoms with E-state index in [1.807, 2.05) is 11.4 Å². The number of hydrogen-bond donors (Lipinski definition) is 0. The number of hydrogen-bond acceptors (Lipinski definition) is 3. The molecule has 0 radical (unpaired) electrons. The average molecular weight is 375 g/mol. The fourth-order valence-corrected chi connectivity index (χ4v) is 3.10. The van der Waals surface area contributed by atoms with Gasteiger partial charge in [0.25, 0.3) is 0 Å². The molecule has 0 aliphatic carbocycles. The molecule has 0 unspecified atom stereocenters. The Morgan fingerprint density at radius 1 is 1.33 bits per heavy atom. The summed E-state index contributed by atoms with van der Waals surface area (Å²) in [5.41, 5.74) is 0.355. The monoisotopic (exact) mass is 374 g/mol. The summed E-state index contributed by atoms with van der Waals surface area (Å²) in [6, 6.07) is 7.17. The summed E-state index contributed by atoms with van der Waals surface area (Å²) in [6.07, 6.45) is -4.51. The Kier molecular flexibility index (Phi) is 4.59. The quantitative estimate of drug-likeness (QED) is 0.752. The first-order valence-corrected chi connectivity index (χ1v) is 7.54. The zero-order chi connectivity index (χ0) is 15.6. The lowest BCUT2D eigenvalue weighted by molar-refractivity contribution is -0.137. The largest absolute Gasteiger partial charge is 0.417 e. The van der Waals surface area contributed by atoms with Crippen molar-refractivity contribution in [1.82, 2.24) is 0 Å². The third-order valence-corrected chi connectivity index (χ3v) is 4.46. The number of benzene rings is 1. The summed E-state index contributed by atoms with van der Waals surface area (Å²) in [5.74, 6) is 0. The van der Waals surface area contributed by atoms with Gasteiger partial charge in [0, 0.05) is 19.3 Å². The number of thiophene rings is 1. The van der Waals surface area contributed by atoms with E-state index in [1.165, 1.54) is 12.1 Å². The summed E-state index contributed by atoms with van der Waals surface area (Å²) in [4.78, 5) is 1.80. The molecule has 2 nitrogen and oxygen atoms in total. The van der Waals surface area contributed by atoms with E-state index in [4.69, 9.17) is 5.26 Å². The minimum Gasteiger partial charge on any atom is -0.370 e. The van der Waals surface area contributed by atoms with E-state index in [2.05, 4.69) is 15.9 Å². The van der Waals surface area contributed by atoms with Gasteiger partial charge in [-0.05, 0) is 51.1 Å². The van der Waals surface area contributed by atoms with Crippen LogP contribution in [0.3, 0.4) is 0 Å². The first-order chi connectivity index (χ1) is 9.81. The van der Waals surface area contributed by atoms with Crippen molar-refractivity contribution in [1.29, 1.82) is 5.26 Å². The van der Waals surface area contributed by atoms with Crippen LogP contribution in [0.25, 0.3) is 0 Å². The van der Waals surface area contributed by atoms with Crippen LogP contribution < -0.4 is 4.90 Å². The molecule has 2 rings (SSSR count). The lowest BCUT2D eigenvalue weighted by Gasteiger charge is -2.20. The predicted molar refractivity (Wildman–Crippen MR) is 80.3 cm³/mol. The third-order valence-electron chi connectivity index (χ3n) is 2.91. The standard InChI is InChI=1S/C14H10BrF3N2S/c1-20(7-9-4-13(15)21-8-9)11-2-3-12(14(16,17)18)10(5-11)6-19/h2-5,8H,7H2,1H3. The fraction of sp³-hybridized carbons (Fsp3) is 0.214. The highest BCUT2D eigenvalue weighted by molar-refractivity contribution is 9.11. The summed E-state index contributed by atoms with van der Waals surface area (Å²) >= 11 is 4.91. The van der Waals surface area contributed by atoms with Gasteiger partial charge < -0.3 is 4.90 Å². The van der Waals surface area contributed by atoms with Crippen molar-refractivity contribution < 1.29 is 13.2 Å². The average Bonchev–Trinajstić information content (AvgIpc) is 2.82. The van der Waals surface area contributed by atoms with Gasteiger partial charge >= 0.3 is 6.18 Å². The Balaban J connectivity index is 2.26. The second kappa shape index (κ2) is 6.08. The van der Waals surface area contributed by atoms with E-state index in [9.17, 15) is 13.2 Å². The molecule has 2 aromatic rings. The number of anilines is 1. The van der Waals surface area contributed by atoms with Crippen LogP contribution in [-0.2, 0) is 12.7 Å². The zero-order valence-electron chi connectivity index (χ0n) is 10.9. The van der Waals surface area contributed by atoms with Gasteiger partial charge in [0.15, 0.2) is 0 Å². The summed E-state index contributed by atoms with van der Waals surface area (Å²) in [5, 5.41) is 10.9. The molecular weight excluding hydrogens is 365 g/mol. The molecule has 0 amide bonds. The van der Waals surface area contributed by atoms with Gasteiger partial charge in [-0.25, -0.2) is 0 Å². The number of nitriles is 1. The topological polar surface area (TPSA) is 27.0 Å². The SMILES string of the molecule is CN(Cc1csc(Br)c1)c1ccc(C(F)(F)F)c(C#N)c1. The van der Waals surface area contributed by atoms with Crippen LogP contribution in [0.5, 0.6) is 0 Å². The Bertz CT molecular complexity index is 688. The smallest absolute Gasteiger partial charge is 0.370 e. The van der Waals surface area contributed by atoms with Gasteiger partial charge in [-0.15, -0.1) is 11.3 Å². The molecule has 0 atom stereocenters. The first-order valence-electron chi connectivity index (χ1n) is 5.86. The Labute approximate surface area is 132 Å². The van der Waals surface area contributed by atoms with Crippen molar-refractivity contribution >= 4 is 33.0 Å². The lowest BCUT2D eigenvalue weighted by Crippen LogP contribution is -2.17. The number of halogens is 4. The third kappa shape index (κ3) is 3.77. The molecule has 0 N–H and O–H groups in total.